The number of halogens is 1. The van der Waals surface area contributed by atoms with Gasteiger partial charge in [0.2, 0.25) is 10.0 Å². The van der Waals surface area contributed by atoms with E-state index in [-0.39, 0.29) is 22.8 Å². The molecular formula is C19H17FN2O6S. The van der Waals surface area contributed by atoms with E-state index >= 15 is 0 Å². The Morgan fingerprint density at radius 1 is 1.17 bits per heavy atom. The first-order valence-electron chi connectivity index (χ1n) is 8.47. The van der Waals surface area contributed by atoms with Gasteiger partial charge in [0.05, 0.1) is 17.5 Å². The molecule has 0 unspecified atom stereocenters. The van der Waals surface area contributed by atoms with Crippen LogP contribution in [0.1, 0.15) is 18.5 Å². The quantitative estimate of drug-likeness (QED) is 0.712. The summed E-state index contributed by atoms with van der Waals surface area (Å²) in [6, 6.07) is 8.97. The summed E-state index contributed by atoms with van der Waals surface area (Å²) in [5.74, 6) is -3.09. The Balaban J connectivity index is 2.13. The zero-order valence-corrected chi connectivity index (χ0v) is 16.0. The number of amides is 1. The molecule has 3 N–H and O–H groups in total. The predicted molar refractivity (Wildman–Crippen MR) is 101 cm³/mol. The SMILES string of the molecule is CCOC(=O)C1=C(O)C(=O)N(c2ccc(S(N)(=O)=O)cc2)[C@@H]1c1ccc(F)cc1. The molecule has 0 aliphatic carbocycles. The third kappa shape index (κ3) is 3.84. The van der Waals surface area contributed by atoms with E-state index in [0.717, 1.165) is 17.0 Å². The number of hydrogen-bond donors (Lipinski definition) is 2. The largest absolute Gasteiger partial charge is 0.503 e. The number of hydrogen-bond acceptors (Lipinski definition) is 6. The van der Waals surface area contributed by atoms with Gasteiger partial charge in [0, 0.05) is 5.69 Å². The fourth-order valence-electron chi connectivity index (χ4n) is 3.05. The molecule has 2 aromatic rings. The normalized spacial score (nSPS) is 17.0. The van der Waals surface area contributed by atoms with E-state index in [0.29, 0.717) is 5.56 Å². The Morgan fingerprint density at radius 2 is 1.76 bits per heavy atom. The molecule has 1 amide bonds. The number of nitrogens with two attached hydrogens (primary N) is 1. The molecule has 1 aliphatic heterocycles. The summed E-state index contributed by atoms with van der Waals surface area (Å²) in [6.45, 7) is 1.59. The van der Waals surface area contributed by atoms with E-state index < -0.39 is 39.5 Å². The fourth-order valence-corrected chi connectivity index (χ4v) is 3.56. The lowest BCUT2D eigenvalue weighted by atomic mass is 9.99. The van der Waals surface area contributed by atoms with Crippen LogP contribution in [0.2, 0.25) is 0 Å². The molecule has 1 atom stereocenters. The number of primary sulfonamides is 1. The van der Waals surface area contributed by atoms with Crippen molar-refractivity contribution in [2.24, 2.45) is 5.14 Å². The standard InChI is InChI=1S/C19H17FN2O6S/c1-2-28-19(25)15-16(11-3-5-12(20)6-4-11)22(18(24)17(15)23)13-7-9-14(10-8-13)29(21,26)27/h3-10,16,23H,2H2,1H3,(H2,21,26,27)/t16-/m1/s1. The number of aliphatic hydroxyl groups excluding tert-OH is 1. The molecule has 0 radical (unpaired) electrons. The highest BCUT2D eigenvalue weighted by molar-refractivity contribution is 7.89. The van der Waals surface area contributed by atoms with Crippen LogP contribution in [0.15, 0.2) is 64.8 Å². The van der Waals surface area contributed by atoms with Crippen molar-refractivity contribution in [1.29, 1.82) is 0 Å². The smallest absolute Gasteiger partial charge is 0.340 e. The molecule has 10 heteroatoms. The topological polar surface area (TPSA) is 127 Å². The van der Waals surface area contributed by atoms with Crippen LogP contribution in [0, 0.1) is 5.82 Å². The van der Waals surface area contributed by atoms with Gasteiger partial charge < -0.3 is 9.84 Å². The molecule has 2 aromatic carbocycles. The highest BCUT2D eigenvalue weighted by Gasteiger charge is 2.45. The number of ether oxygens (including phenoxy) is 1. The van der Waals surface area contributed by atoms with E-state index in [1.807, 2.05) is 0 Å². The molecule has 1 aliphatic rings. The molecule has 1 heterocycles. The Morgan fingerprint density at radius 3 is 2.28 bits per heavy atom. The van der Waals surface area contributed by atoms with Crippen LogP contribution < -0.4 is 10.0 Å². The summed E-state index contributed by atoms with van der Waals surface area (Å²) >= 11 is 0. The number of anilines is 1. The number of nitrogens with zero attached hydrogens (tertiary/aromatic N) is 1. The molecule has 8 nitrogen and oxygen atoms in total. The maximum Gasteiger partial charge on any atom is 0.340 e. The van der Waals surface area contributed by atoms with Gasteiger partial charge in [-0.2, -0.15) is 0 Å². The first-order valence-corrected chi connectivity index (χ1v) is 10.0. The molecule has 0 saturated carbocycles. The van der Waals surface area contributed by atoms with Gasteiger partial charge in [-0.05, 0) is 48.9 Å². The molecular weight excluding hydrogens is 403 g/mol. The van der Waals surface area contributed by atoms with Crippen molar-refractivity contribution in [2.45, 2.75) is 17.9 Å². The summed E-state index contributed by atoms with van der Waals surface area (Å²) in [5.41, 5.74) is 0.254. The lowest BCUT2D eigenvalue weighted by molar-refractivity contribution is -0.139. The maximum absolute atomic E-state index is 13.4. The lowest BCUT2D eigenvalue weighted by Crippen LogP contribution is -2.31. The number of carbonyl (C=O) groups is 2. The van der Waals surface area contributed by atoms with Crippen molar-refractivity contribution in [3.8, 4) is 0 Å². The zero-order chi connectivity index (χ0) is 21.3. The van der Waals surface area contributed by atoms with Crippen LogP contribution in [0.3, 0.4) is 0 Å². The Labute approximate surface area is 166 Å². The van der Waals surface area contributed by atoms with Gasteiger partial charge in [-0.3, -0.25) is 9.69 Å². The molecule has 3 rings (SSSR count). The van der Waals surface area contributed by atoms with E-state index in [9.17, 15) is 27.5 Å². The van der Waals surface area contributed by atoms with Gasteiger partial charge in [-0.1, -0.05) is 12.1 Å². The first-order chi connectivity index (χ1) is 13.6. The minimum atomic E-state index is -3.95. The number of carbonyl (C=O) groups excluding carboxylic acids is 2. The Bertz CT molecular complexity index is 1090. The molecule has 152 valence electrons. The second kappa shape index (κ2) is 7.64. The monoisotopic (exact) mass is 420 g/mol. The number of benzene rings is 2. The van der Waals surface area contributed by atoms with Gasteiger partial charge >= 0.3 is 5.97 Å². The van der Waals surface area contributed by atoms with Crippen LogP contribution in [-0.2, 0) is 24.3 Å². The summed E-state index contributed by atoms with van der Waals surface area (Å²) in [6.07, 6.45) is 0. The number of sulfonamides is 1. The zero-order valence-electron chi connectivity index (χ0n) is 15.2. The second-order valence-corrected chi connectivity index (χ2v) is 7.71. The second-order valence-electron chi connectivity index (χ2n) is 6.15. The molecule has 0 fully saturated rings. The number of esters is 1. The molecule has 29 heavy (non-hydrogen) atoms. The fraction of sp³-hybridized carbons (Fsp3) is 0.158. The summed E-state index contributed by atoms with van der Waals surface area (Å²) in [4.78, 5) is 26.1. The number of aliphatic hydroxyl groups is 1. The molecule has 0 saturated heterocycles. The van der Waals surface area contributed by atoms with E-state index in [1.54, 1.807) is 6.92 Å². The van der Waals surface area contributed by atoms with Crippen molar-refractivity contribution in [1.82, 2.24) is 0 Å². The average Bonchev–Trinajstić information content (AvgIpc) is 2.93. The third-order valence-electron chi connectivity index (χ3n) is 4.33. The van der Waals surface area contributed by atoms with Crippen LogP contribution in [0.4, 0.5) is 10.1 Å². The number of rotatable bonds is 5. The van der Waals surface area contributed by atoms with E-state index in [1.165, 1.54) is 36.4 Å². The summed E-state index contributed by atoms with van der Waals surface area (Å²) in [7, 11) is -3.95. The van der Waals surface area contributed by atoms with E-state index in [2.05, 4.69) is 0 Å². The van der Waals surface area contributed by atoms with Crippen LogP contribution in [0.25, 0.3) is 0 Å². The Kier molecular flexibility index (Phi) is 5.40. The third-order valence-corrected chi connectivity index (χ3v) is 5.26. The van der Waals surface area contributed by atoms with Crippen molar-refractivity contribution in [3.63, 3.8) is 0 Å². The van der Waals surface area contributed by atoms with Crippen LogP contribution >= 0.6 is 0 Å². The summed E-state index contributed by atoms with van der Waals surface area (Å²) in [5, 5.41) is 15.4. The van der Waals surface area contributed by atoms with Gasteiger partial charge in [-0.15, -0.1) is 0 Å². The molecule has 0 aromatic heterocycles. The van der Waals surface area contributed by atoms with Crippen molar-refractivity contribution < 1.29 is 32.2 Å². The lowest BCUT2D eigenvalue weighted by Gasteiger charge is -2.26. The van der Waals surface area contributed by atoms with Crippen molar-refractivity contribution >= 4 is 27.6 Å². The van der Waals surface area contributed by atoms with Crippen molar-refractivity contribution in [2.75, 3.05) is 11.5 Å². The van der Waals surface area contributed by atoms with Crippen LogP contribution in [0.5, 0.6) is 0 Å². The van der Waals surface area contributed by atoms with Gasteiger partial charge in [0.15, 0.2) is 5.76 Å². The first kappa shape index (κ1) is 20.5. The minimum Gasteiger partial charge on any atom is -0.503 e. The Hall–Kier alpha value is -3.24. The predicted octanol–water partition coefficient (Wildman–Crippen LogP) is 1.94. The van der Waals surface area contributed by atoms with Gasteiger partial charge in [0.25, 0.3) is 5.91 Å². The highest BCUT2D eigenvalue weighted by Crippen LogP contribution is 2.41. The van der Waals surface area contributed by atoms with E-state index in [4.69, 9.17) is 9.88 Å². The average molecular weight is 420 g/mol. The van der Waals surface area contributed by atoms with Crippen LogP contribution in [-0.4, -0.2) is 32.0 Å². The van der Waals surface area contributed by atoms with Gasteiger partial charge in [0.1, 0.15) is 11.4 Å². The maximum atomic E-state index is 13.4. The van der Waals surface area contributed by atoms with Gasteiger partial charge in [-0.25, -0.2) is 22.7 Å². The molecule has 0 spiro atoms. The minimum absolute atomic E-state index is 0.0169. The molecule has 0 bridgehead atoms. The highest BCUT2D eigenvalue weighted by atomic mass is 32.2. The summed E-state index contributed by atoms with van der Waals surface area (Å²) < 4.78 is 41.3. The van der Waals surface area contributed by atoms with Crippen molar-refractivity contribution in [3.05, 3.63) is 71.2 Å².